The van der Waals surface area contributed by atoms with Crippen LogP contribution in [0.1, 0.15) is 16.8 Å². The number of fused-ring (bicyclic) bond motifs is 1. The molecule has 0 saturated carbocycles. The molecule has 0 spiro atoms. The van der Waals surface area contributed by atoms with E-state index < -0.39 is 5.97 Å². The number of nitrogens with zero attached hydrogens (tertiary/aromatic N) is 1. The van der Waals surface area contributed by atoms with E-state index in [0.717, 1.165) is 38.2 Å². The molecule has 0 radical (unpaired) electrons. The van der Waals surface area contributed by atoms with Crippen LogP contribution in [0.4, 0.5) is 0 Å². The van der Waals surface area contributed by atoms with Gasteiger partial charge in [0.15, 0.2) is 0 Å². The van der Waals surface area contributed by atoms with Gasteiger partial charge in [-0.1, -0.05) is 30.3 Å². The van der Waals surface area contributed by atoms with Gasteiger partial charge in [-0.3, -0.25) is 9.69 Å². The number of nitrogens with two attached hydrogens (primary N) is 1. The first-order valence-electron chi connectivity index (χ1n) is 8.01. The summed E-state index contributed by atoms with van der Waals surface area (Å²) in [6.45, 7) is 4.18. The van der Waals surface area contributed by atoms with Gasteiger partial charge in [-0.15, -0.1) is 0 Å². The number of amides is 1. The maximum atomic E-state index is 10.7. The molecule has 0 aromatic heterocycles. The fourth-order valence-corrected chi connectivity index (χ4v) is 2.52. The van der Waals surface area contributed by atoms with Gasteiger partial charge < -0.3 is 20.7 Å². The molecule has 0 atom stereocenters. The second-order valence-electron chi connectivity index (χ2n) is 5.66. The number of carbonyl (C=O) groups excluding carboxylic acids is 1. The van der Waals surface area contributed by atoms with Crippen LogP contribution >= 0.6 is 0 Å². The van der Waals surface area contributed by atoms with Crippen molar-refractivity contribution in [2.75, 3.05) is 32.8 Å². The predicted molar refractivity (Wildman–Crippen MR) is 93.6 cm³/mol. The van der Waals surface area contributed by atoms with Crippen molar-refractivity contribution in [1.82, 2.24) is 4.90 Å². The molecule has 0 aliphatic carbocycles. The van der Waals surface area contributed by atoms with Crippen LogP contribution < -0.4 is 5.73 Å². The van der Waals surface area contributed by atoms with Crippen LogP contribution in [0.2, 0.25) is 0 Å². The van der Waals surface area contributed by atoms with Crippen LogP contribution in [-0.2, 0) is 9.53 Å². The second kappa shape index (κ2) is 9.00. The number of ether oxygens (including phenoxy) is 1. The highest BCUT2D eigenvalue weighted by atomic mass is 16.5. The highest BCUT2D eigenvalue weighted by molar-refractivity contribution is 6.00. The van der Waals surface area contributed by atoms with Gasteiger partial charge in [0.1, 0.15) is 11.3 Å². The van der Waals surface area contributed by atoms with Crippen molar-refractivity contribution < 1.29 is 24.5 Å². The number of aromatic hydroxyl groups is 1. The molecule has 0 bridgehead atoms. The smallest absolute Gasteiger partial charge is 0.339 e. The Morgan fingerprint density at radius 3 is 2.44 bits per heavy atom. The Balaban J connectivity index is 0.000000186. The Morgan fingerprint density at radius 1 is 1.12 bits per heavy atom. The monoisotopic (exact) mass is 346 g/mol. The molecule has 4 N–H and O–H groups in total. The minimum absolute atomic E-state index is 0.0660. The summed E-state index contributed by atoms with van der Waals surface area (Å²) in [6, 6.07) is 10.2. The first-order valence-corrected chi connectivity index (χ1v) is 8.01. The molecule has 1 aliphatic rings. The van der Waals surface area contributed by atoms with Crippen LogP contribution in [0.15, 0.2) is 36.4 Å². The number of carbonyl (C=O) groups is 2. The summed E-state index contributed by atoms with van der Waals surface area (Å²) in [5, 5.41) is 19.8. The average Bonchev–Trinajstić information content (AvgIpc) is 2.62. The van der Waals surface area contributed by atoms with Gasteiger partial charge in [0.05, 0.1) is 13.2 Å². The van der Waals surface area contributed by atoms with E-state index in [9.17, 15) is 14.7 Å². The summed E-state index contributed by atoms with van der Waals surface area (Å²) < 4.78 is 5.15. The normalized spacial score (nSPS) is 14.6. The minimum Gasteiger partial charge on any atom is -0.506 e. The summed E-state index contributed by atoms with van der Waals surface area (Å²) in [5.74, 6) is -1.51. The van der Waals surface area contributed by atoms with Crippen molar-refractivity contribution in [1.29, 1.82) is 0 Å². The number of hydrogen-bond donors (Lipinski definition) is 3. The summed E-state index contributed by atoms with van der Waals surface area (Å²) in [6.07, 6.45) is 0.458. The minimum atomic E-state index is -1.12. The first-order chi connectivity index (χ1) is 12.0. The van der Waals surface area contributed by atoms with E-state index >= 15 is 0 Å². The van der Waals surface area contributed by atoms with E-state index in [4.69, 9.17) is 15.6 Å². The average molecular weight is 346 g/mol. The number of carboxylic acids is 1. The Labute approximate surface area is 145 Å². The molecule has 7 nitrogen and oxygen atoms in total. The third-order valence-electron chi connectivity index (χ3n) is 3.91. The third-order valence-corrected chi connectivity index (χ3v) is 3.91. The molecule has 2 aromatic carbocycles. The standard InChI is InChI=1S/C11H8O3.C7H14N2O2/c12-10-8-4-2-1-3-7(8)5-6-9(10)11(13)14;8-7(10)1-2-9-3-5-11-6-4-9/h1-6,12H,(H,13,14);1-6H2,(H2,8,10). The van der Waals surface area contributed by atoms with E-state index in [-0.39, 0.29) is 17.2 Å². The number of phenols is 1. The summed E-state index contributed by atoms with van der Waals surface area (Å²) in [5.41, 5.74) is 4.95. The summed E-state index contributed by atoms with van der Waals surface area (Å²) >= 11 is 0. The molecule has 134 valence electrons. The molecule has 1 saturated heterocycles. The maximum absolute atomic E-state index is 10.7. The topological polar surface area (TPSA) is 113 Å². The number of carboxylic acid groups (broad SMARTS) is 1. The number of morpholine rings is 1. The van der Waals surface area contributed by atoms with Crippen molar-refractivity contribution in [2.24, 2.45) is 5.73 Å². The van der Waals surface area contributed by atoms with Gasteiger partial charge in [-0.05, 0) is 11.5 Å². The van der Waals surface area contributed by atoms with Crippen molar-refractivity contribution >= 4 is 22.6 Å². The number of primary amides is 1. The van der Waals surface area contributed by atoms with Crippen LogP contribution in [0.25, 0.3) is 10.8 Å². The van der Waals surface area contributed by atoms with Crippen LogP contribution in [0.3, 0.4) is 0 Å². The molecule has 0 unspecified atom stereocenters. The van der Waals surface area contributed by atoms with Gasteiger partial charge in [-0.2, -0.15) is 0 Å². The van der Waals surface area contributed by atoms with Gasteiger partial charge in [0.25, 0.3) is 0 Å². The molecule has 3 rings (SSSR count). The Bertz CT molecular complexity index is 741. The largest absolute Gasteiger partial charge is 0.506 e. The van der Waals surface area contributed by atoms with Crippen molar-refractivity contribution in [3.63, 3.8) is 0 Å². The lowest BCUT2D eigenvalue weighted by Crippen LogP contribution is -2.38. The highest BCUT2D eigenvalue weighted by Crippen LogP contribution is 2.28. The zero-order valence-electron chi connectivity index (χ0n) is 13.9. The molecular formula is C18H22N2O5. The fourth-order valence-electron chi connectivity index (χ4n) is 2.52. The van der Waals surface area contributed by atoms with Gasteiger partial charge in [0, 0.05) is 31.4 Å². The van der Waals surface area contributed by atoms with Crippen molar-refractivity contribution in [2.45, 2.75) is 6.42 Å². The molecule has 25 heavy (non-hydrogen) atoms. The molecule has 1 aliphatic heterocycles. The Hall–Kier alpha value is -2.64. The SMILES string of the molecule is NC(=O)CCN1CCOCC1.O=C(O)c1ccc2ccccc2c1O. The molecule has 1 fully saturated rings. The lowest BCUT2D eigenvalue weighted by Gasteiger charge is -2.25. The van der Waals surface area contributed by atoms with E-state index in [1.165, 1.54) is 6.07 Å². The fraction of sp³-hybridized carbons (Fsp3) is 0.333. The van der Waals surface area contributed by atoms with E-state index in [0.29, 0.717) is 11.8 Å². The quantitative estimate of drug-likeness (QED) is 0.772. The predicted octanol–water partition coefficient (Wildman–Crippen LogP) is 1.44. The van der Waals surface area contributed by atoms with E-state index in [1.807, 2.05) is 12.1 Å². The van der Waals surface area contributed by atoms with E-state index in [2.05, 4.69) is 4.90 Å². The van der Waals surface area contributed by atoms with E-state index in [1.54, 1.807) is 18.2 Å². The molecule has 1 heterocycles. The van der Waals surface area contributed by atoms with Crippen LogP contribution in [-0.4, -0.2) is 59.8 Å². The first kappa shape index (κ1) is 18.7. The zero-order chi connectivity index (χ0) is 18.2. The van der Waals surface area contributed by atoms with Gasteiger partial charge in [0.2, 0.25) is 5.91 Å². The van der Waals surface area contributed by atoms with Crippen molar-refractivity contribution in [3.8, 4) is 5.75 Å². The molecule has 1 amide bonds. The maximum Gasteiger partial charge on any atom is 0.339 e. The highest BCUT2D eigenvalue weighted by Gasteiger charge is 2.11. The molecular weight excluding hydrogens is 324 g/mol. The lowest BCUT2D eigenvalue weighted by atomic mass is 10.1. The lowest BCUT2D eigenvalue weighted by molar-refractivity contribution is -0.118. The van der Waals surface area contributed by atoms with Gasteiger partial charge >= 0.3 is 5.97 Å². The molecule has 7 heteroatoms. The molecule has 2 aromatic rings. The van der Waals surface area contributed by atoms with Crippen LogP contribution in [0, 0.1) is 0 Å². The third kappa shape index (κ3) is 5.44. The Morgan fingerprint density at radius 2 is 1.80 bits per heavy atom. The second-order valence-corrected chi connectivity index (χ2v) is 5.66. The summed E-state index contributed by atoms with van der Waals surface area (Å²) in [4.78, 5) is 23.3. The van der Waals surface area contributed by atoms with Crippen molar-refractivity contribution in [3.05, 3.63) is 42.0 Å². The number of rotatable bonds is 4. The zero-order valence-corrected chi connectivity index (χ0v) is 13.9. The summed E-state index contributed by atoms with van der Waals surface area (Å²) in [7, 11) is 0. The Kier molecular flexibility index (Phi) is 6.73. The number of hydrogen-bond acceptors (Lipinski definition) is 5. The number of aromatic carboxylic acids is 1. The van der Waals surface area contributed by atoms with Gasteiger partial charge in [-0.25, -0.2) is 4.79 Å². The van der Waals surface area contributed by atoms with Crippen LogP contribution in [0.5, 0.6) is 5.75 Å². The number of benzene rings is 2.